The van der Waals surface area contributed by atoms with Gasteiger partial charge in [-0.25, -0.2) is 0 Å². The highest BCUT2D eigenvalue weighted by atomic mass is 16.5. The van der Waals surface area contributed by atoms with Gasteiger partial charge in [0.1, 0.15) is 5.75 Å². The summed E-state index contributed by atoms with van der Waals surface area (Å²) in [5.41, 5.74) is 3.05. The maximum atomic E-state index is 8.89. The number of aryl methyl sites for hydroxylation is 1. The summed E-state index contributed by atoms with van der Waals surface area (Å²) in [7, 11) is 0. The predicted octanol–water partition coefficient (Wildman–Crippen LogP) is 2.88. The molecule has 0 atom stereocenters. The lowest BCUT2D eigenvalue weighted by atomic mass is 10.1. The van der Waals surface area contributed by atoms with Gasteiger partial charge in [-0.3, -0.25) is 0 Å². The van der Waals surface area contributed by atoms with Gasteiger partial charge in [-0.15, -0.1) is 0 Å². The highest BCUT2D eigenvalue weighted by molar-refractivity contribution is 6.04. The molecule has 0 aromatic heterocycles. The van der Waals surface area contributed by atoms with E-state index in [4.69, 9.17) is 15.2 Å². The highest BCUT2D eigenvalue weighted by Crippen LogP contribution is 2.48. The number of nitriles is 1. The van der Waals surface area contributed by atoms with Crippen molar-refractivity contribution in [1.29, 1.82) is 5.26 Å². The van der Waals surface area contributed by atoms with Crippen LogP contribution in [0.15, 0.2) is 23.4 Å². The fourth-order valence-corrected chi connectivity index (χ4v) is 2.59. The van der Waals surface area contributed by atoms with Crippen molar-refractivity contribution >= 4 is 5.71 Å². The molecule has 2 aliphatic carbocycles. The van der Waals surface area contributed by atoms with Crippen molar-refractivity contribution in [2.45, 2.75) is 32.1 Å². The van der Waals surface area contributed by atoms with Gasteiger partial charge in [0.05, 0.1) is 18.4 Å². The molecule has 19 heavy (non-hydrogen) atoms. The second-order valence-corrected chi connectivity index (χ2v) is 5.49. The van der Waals surface area contributed by atoms with Crippen LogP contribution in [0.3, 0.4) is 0 Å². The van der Waals surface area contributed by atoms with Gasteiger partial charge in [0, 0.05) is 17.4 Å². The van der Waals surface area contributed by atoms with Gasteiger partial charge in [0.15, 0.2) is 0 Å². The van der Waals surface area contributed by atoms with Crippen molar-refractivity contribution in [3.05, 3.63) is 29.3 Å². The van der Waals surface area contributed by atoms with E-state index in [0.29, 0.717) is 13.0 Å². The lowest BCUT2D eigenvalue weighted by molar-refractivity contribution is 0.236. The summed E-state index contributed by atoms with van der Waals surface area (Å²) in [6, 6.07) is 8.13. The van der Waals surface area contributed by atoms with Crippen molar-refractivity contribution in [2.75, 3.05) is 6.61 Å². The Kier molecular flexibility index (Phi) is 2.90. The van der Waals surface area contributed by atoms with Gasteiger partial charge in [-0.1, -0.05) is 5.16 Å². The molecule has 0 amide bonds. The Bertz CT molecular complexity index is 568. The summed E-state index contributed by atoms with van der Waals surface area (Å²) in [4.78, 5) is 0. The monoisotopic (exact) mass is 256 g/mol. The van der Waals surface area contributed by atoms with E-state index in [1.165, 1.54) is 5.56 Å². The second kappa shape index (κ2) is 4.58. The normalized spacial score (nSPS) is 20.9. The molecule has 0 heterocycles. The van der Waals surface area contributed by atoms with E-state index in [2.05, 4.69) is 11.2 Å². The zero-order chi connectivity index (χ0) is 13.3. The third-order valence-corrected chi connectivity index (χ3v) is 4.10. The average molecular weight is 256 g/mol. The predicted molar refractivity (Wildman–Crippen MR) is 70.5 cm³/mol. The first-order chi connectivity index (χ1) is 9.26. The van der Waals surface area contributed by atoms with Crippen LogP contribution >= 0.6 is 0 Å². The summed E-state index contributed by atoms with van der Waals surface area (Å²) < 4.78 is 5.83. The van der Waals surface area contributed by atoms with Gasteiger partial charge in [0.25, 0.3) is 0 Å². The Labute approximate surface area is 112 Å². The van der Waals surface area contributed by atoms with Crippen molar-refractivity contribution < 1.29 is 9.94 Å². The van der Waals surface area contributed by atoms with Crippen LogP contribution < -0.4 is 4.74 Å². The maximum absolute atomic E-state index is 8.89. The molecule has 4 heteroatoms. The first kappa shape index (κ1) is 12.0. The summed E-state index contributed by atoms with van der Waals surface area (Å²) in [5, 5.41) is 21.0. The molecule has 1 saturated carbocycles. The van der Waals surface area contributed by atoms with Crippen LogP contribution in [-0.2, 0) is 6.42 Å². The highest BCUT2D eigenvalue weighted by Gasteiger charge is 2.43. The van der Waals surface area contributed by atoms with Gasteiger partial charge in [-0.2, -0.15) is 5.26 Å². The smallest absolute Gasteiger partial charge is 0.119 e. The summed E-state index contributed by atoms with van der Waals surface area (Å²) >= 11 is 0. The van der Waals surface area contributed by atoms with Crippen molar-refractivity contribution in [1.82, 2.24) is 0 Å². The first-order valence-corrected chi connectivity index (χ1v) is 6.60. The van der Waals surface area contributed by atoms with Crippen molar-refractivity contribution in [2.24, 2.45) is 10.6 Å². The number of nitrogens with zero attached hydrogens (tertiary/aromatic N) is 2. The third-order valence-electron chi connectivity index (χ3n) is 4.10. The van der Waals surface area contributed by atoms with E-state index in [1.54, 1.807) is 0 Å². The summed E-state index contributed by atoms with van der Waals surface area (Å²) in [6.45, 7) is 0.625. The van der Waals surface area contributed by atoms with Crippen molar-refractivity contribution in [3.8, 4) is 11.8 Å². The van der Waals surface area contributed by atoms with Crippen LogP contribution in [-0.4, -0.2) is 17.5 Å². The van der Waals surface area contributed by atoms with E-state index < -0.39 is 0 Å². The van der Waals surface area contributed by atoms with Crippen LogP contribution in [0.2, 0.25) is 0 Å². The lowest BCUT2D eigenvalue weighted by Crippen LogP contribution is -2.12. The van der Waals surface area contributed by atoms with Gasteiger partial charge in [-0.05, 0) is 49.4 Å². The van der Waals surface area contributed by atoms with Gasteiger partial charge < -0.3 is 9.94 Å². The zero-order valence-electron chi connectivity index (χ0n) is 10.7. The fourth-order valence-electron chi connectivity index (χ4n) is 2.59. The molecule has 2 aliphatic rings. The SMILES string of the molecule is N#CCC1(COc2ccc3c(c2)CC/C3=N/O)CC1. The number of fused-ring (bicyclic) bond motifs is 1. The fraction of sp³-hybridized carbons (Fsp3) is 0.467. The number of benzene rings is 1. The molecule has 0 bridgehead atoms. The number of ether oxygens (including phenoxy) is 1. The van der Waals surface area contributed by atoms with E-state index in [1.807, 2.05) is 18.2 Å². The minimum absolute atomic E-state index is 0.103. The molecule has 0 spiro atoms. The van der Waals surface area contributed by atoms with Crippen LogP contribution in [0.4, 0.5) is 0 Å². The lowest BCUT2D eigenvalue weighted by Gasteiger charge is -2.13. The maximum Gasteiger partial charge on any atom is 0.119 e. The van der Waals surface area contributed by atoms with E-state index in [-0.39, 0.29) is 5.41 Å². The number of oxime groups is 1. The Morgan fingerprint density at radius 3 is 2.89 bits per heavy atom. The van der Waals surface area contributed by atoms with Crippen LogP contribution in [0, 0.1) is 16.7 Å². The second-order valence-electron chi connectivity index (χ2n) is 5.49. The topological polar surface area (TPSA) is 65.6 Å². The van der Waals surface area contributed by atoms with E-state index >= 15 is 0 Å². The van der Waals surface area contributed by atoms with Crippen LogP contribution in [0.5, 0.6) is 5.75 Å². The minimum Gasteiger partial charge on any atom is -0.493 e. The first-order valence-electron chi connectivity index (χ1n) is 6.60. The van der Waals surface area contributed by atoms with Crippen molar-refractivity contribution in [3.63, 3.8) is 0 Å². The molecule has 4 nitrogen and oxygen atoms in total. The average Bonchev–Trinajstić information content (AvgIpc) is 3.07. The molecule has 1 N–H and O–H groups in total. The molecule has 0 aliphatic heterocycles. The Morgan fingerprint density at radius 1 is 1.37 bits per heavy atom. The molecule has 0 unspecified atom stereocenters. The molecule has 1 aromatic carbocycles. The molecule has 98 valence electrons. The summed E-state index contributed by atoms with van der Waals surface area (Å²) in [6.07, 6.45) is 4.45. The van der Waals surface area contributed by atoms with Crippen LogP contribution in [0.25, 0.3) is 0 Å². The minimum atomic E-state index is 0.103. The molecular weight excluding hydrogens is 240 g/mol. The quantitative estimate of drug-likeness (QED) is 0.665. The molecule has 3 rings (SSSR count). The molecule has 1 aromatic rings. The number of hydrogen-bond donors (Lipinski definition) is 1. The standard InChI is InChI=1S/C15H16N2O2/c16-8-7-15(5-6-15)10-19-12-2-3-13-11(9-12)1-4-14(13)17-18/h2-3,9,18H,1,4-7,10H2/b17-14-. The molecule has 0 radical (unpaired) electrons. The number of hydrogen-bond acceptors (Lipinski definition) is 4. The third kappa shape index (κ3) is 2.28. The zero-order valence-corrected chi connectivity index (χ0v) is 10.7. The van der Waals surface area contributed by atoms with Gasteiger partial charge in [0.2, 0.25) is 0 Å². The van der Waals surface area contributed by atoms with Crippen LogP contribution in [0.1, 0.15) is 36.8 Å². The Morgan fingerprint density at radius 2 is 2.21 bits per heavy atom. The van der Waals surface area contributed by atoms with E-state index in [9.17, 15) is 0 Å². The Balaban J connectivity index is 1.69. The van der Waals surface area contributed by atoms with E-state index in [0.717, 1.165) is 42.7 Å². The largest absolute Gasteiger partial charge is 0.493 e. The molecule has 1 fully saturated rings. The number of rotatable bonds is 4. The molecule has 0 saturated heterocycles. The Hall–Kier alpha value is -2.02. The molecular formula is C15H16N2O2. The van der Waals surface area contributed by atoms with Gasteiger partial charge >= 0.3 is 0 Å². The summed E-state index contributed by atoms with van der Waals surface area (Å²) in [5.74, 6) is 0.849.